The van der Waals surface area contributed by atoms with Crippen LogP contribution in [0.15, 0.2) is 0 Å². The summed E-state index contributed by atoms with van der Waals surface area (Å²) in [7, 11) is 0. The summed E-state index contributed by atoms with van der Waals surface area (Å²) in [4.78, 5) is 3.07. The Morgan fingerprint density at radius 3 is 2.57 bits per heavy atom. The van der Waals surface area contributed by atoms with Gasteiger partial charge in [0.2, 0.25) is 0 Å². The molecule has 80 valence electrons. The summed E-state index contributed by atoms with van der Waals surface area (Å²) in [5.74, 6) is 0.322. The fourth-order valence-electron chi connectivity index (χ4n) is 2.33. The number of ether oxygens (including phenoxy) is 1. The van der Waals surface area contributed by atoms with Crippen molar-refractivity contribution in [2.75, 3.05) is 19.6 Å². The average molecular weight is 214 g/mol. The van der Waals surface area contributed by atoms with Crippen molar-refractivity contribution in [3.05, 3.63) is 0 Å². The molecule has 3 nitrogen and oxygen atoms in total. The van der Waals surface area contributed by atoms with Gasteiger partial charge in [-0.15, -0.1) is 0 Å². The van der Waals surface area contributed by atoms with E-state index in [0.29, 0.717) is 23.1 Å². The lowest BCUT2D eigenvalue weighted by Crippen LogP contribution is -2.45. The SMILES string of the molecule is CC(CN1CC2CCC(C1)O2)C(N)=S. The molecule has 2 N–H and O–H groups in total. The molecular weight excluding hydrogens is 196 g/mol. The van der Waals surface area contributed by atoms with Crippen LogP contribution in [0, 0.1) is 5.92 Å². The predicted octanol–water partition coefficient (Wildman–Crippen LogP) is 0.772. The molecule has 0 aliphatic carbocycles. The molecule has 0 saturated carbocycles. The van der Waals surface area contributed by atoms with E-state index in [4.69, 9.17) is 22.7 Å². The number of rotatable bonds is 3. The lowest BCUT2D eigenvalue weighted by molar-refractivity contribution is -0.0398. The molecule has 2 aliphatic rings. The number of thiocarbonyl (C=S) groups is 1. The average Bonchev–Trinajstić information content (AvgIpc) is 2.45. The lowest BCUT2D eigenvalue weighted by Gasteiger charge is -2.33. The van der Waals surface area contributed by atoms with E-state index in [1.807, 2.05) is 0 Å². The second kappa shape index (κ2) is 4.13. The fourth-order valence-corrected chi connectivity index (χ4v) is 2.40. The molecule has 0 amide bonds. The standard InChI is InChI=1S/C10H18N2OS/c1-7(10(11)14)4-12-5-8-2-3-9(6-12)13-8/h7-9H,2-6H2,1H3,(H2,11,14). The number of hydrogen-bond acceptors (Lipinski definition) is 3. The Morgan fingerprint density at radius 1 is 1.50 bits per heavy atom. The highest BCUT2D eigenvalue weighted by atomic mass is 32.1. The van der Waals surface area contributed by atoms with Gasteiger partial charge in [0.05, 0.1) is 17.2 Å². The van der Waals surface area contributed by atoms with Crippen LogP contribution in [0.4, 0.5) is 0 Å². The molecule has 2 rings (SSSR count). The van der Waals surface area contributed by atoms with Gasteiger partial charge in [-0.05, 0) is 12.8 Å². The first-order valence-corrected chi connectivity index (χ1v) is 5.73. The number of nitrogens with two attached hydrogens (primary N) is 1. The first-order valence-electron chi connectivity index (χ1n) is 5.32. The van der Waals surface area contributed by atoms with E-state index in [0.717, 1.165) is 19.6 Å². The predicted molar refractivity (Wildman–Crippen MR) is 60.3 cm³/mol. The van der Waals surface area contributed by atoms with Crippen molar-refractivity contribution in [1.29, 1.82) is 0 Å². The minimum absolute atomic E-state index is 0.322. The topological polar surface area (TPSA) is 38.5 Å². The maximum atomic E-state index is 5.76. The Hall–Kier alpha value is -0.190. The number of nitrogens with zero attached hydrogens (tertiary/aromatic N) is 1. The third-order valence-electron chi connectivity index (χ3n) is 3.14. The molecule has 4 heteroatoms. The summed E-state index contributed by atoms with van der Waals surface area (Å²) in [5, 5.41) is 0. The molecule has 0 radical (unpaired) electrons. The van der Waals surface area contributed by atoms with Crippen molar-refractivity contribution in [1.82, 2.24) is 4.90 Å². The van der Waals surface area contributed by atoms with E-state index in [1.54, 1.807) is 0 Å². The van der Waals surface area contributed by atoms with Crippen LogP contribution in [0.25, 0.3) is 0 Å². The van der Waals surface area contributed by atoms with Crippen LogP contribution < -0.4 is 5.73 Å². The third kappa shape index (κ3) is 2.24. The van der Waals surface area contributed by atoms with Crippen molar-refractivity contribution in [2.24, 2.45) is 11.7 Å². The monoisotopic (exact) mass is 214 g/mol. The highest BCUT2D eigenvalue weighted by Crippen LogP contribution is 2.26. The van der Waals surface area contributed by atoms with Crippen LogP contribution in [-0.2, 0) is 4.74 Å². The molecule has 0 aromatic carbocycles. The zero-order valence-corrected chi connectivity index (χ0v) is 9.43. The van der Waals surface area contributed by atoms with Gasteiger partial charge in [-0.1, -0.05) is 19.1 Å². The second-order valence-electron chi connectivity index (χ2n) is 4.48. The van der Waals surface area contributed by atoms with Crippen molar-refractivity contribution < 1.29 is 4.74 Å². The van der Waals surface area contributed by atoms with Gasteiger partial charge >= 0.3 is 0 Å². The van der Waals surface area contributed by atoms with Crippen LogP contribution in [0.5, 0.6) is 0 Å². The minimum atomic E-state index is 0.322. The van der Waals surface area contributed by atoms with Gasteiger partial charge in [0.25, 0.3) is 0 Å². The van der Waals surface area contributed by atoms with Gasteiger partial charge in [0.15, 0.2) is 0 Å². The first-order chi connectivity index (χ1) is 6.65. The van der Waals surface area contributed by atoms with Gasteiger partial charge < -0.3 is 10.5 Å². The van der Waals surface area contributed by atoms with Crippen LogP contribution in [0.1, 0.15) is 19.8 Å². The van der Waals surface area contributed by atoms with Gasteiger partial charge in [0.1, 0.15) is 0 Å². The molecule has 0 aromatic heterocycles. The van der Waals surface area contributed by atoms with E-state index >= 15 is 0 Å². The molecular formula is C10H18N2OS. The molecule has 3 atom stereocenters. The molecule has 3 unspecified atom stereocenters. The zero-order valence-electron chi connectivity index (χ0n) is 8.61. The van der Waals surface area contributed by atoms with E-state index in [1.165, 1.54) is 12.8 Å². The van der Waals surface area contributed by atoms with E-state index in [2.05, 4.69) is 11.8 Å². The minimum Gasteiger partial charge on any atom is -0.393 e. The van der Waals surface area contributed by atoms with Crippen LogP contribution >= 0.6 is 12.2 Å². The summed E-state index contributed by atoms with van der Waals surface area (Å²) in [6.07, 6.45) is 3.38. The Balaban J connectivity index is 1.84. The lowest BCUT2D eigenvalue weighted by atomic mass is 10.1. The van der Waals surface area contributed by atoms with Crippen LogP contribution in [-0.4, -0.2) is 41.7 Å². The number of fused-ring (bicyclic) bond motifs is 2. The molecule has 2 saturated heterocycles. The highest BCUT2D eigenvalue weighted by molar-refractivity contribution is 7.80. The molecule has 0 spiro atoms. The summed E-state index contributed by atoms with van der Waals surface area (Å²) >= 11 is 4.98. The van der Waals surface area contributed by atoms with Crippen LogP contribution in [0.2, 0.25) is 0 Å². The summed E-state index contributed by atoms with van der Waals surface area (Å²) < 4.78 is 5.76. The van der Waals surface area contributed by atoms with Crippen molar-refractivity contribution in [2.45, 2.75) is 32.0 Å². The van der Waals surface area contributed by atoms with Crippen molar-refractivity contribution >= 4 is 17.2 Å². The zero-order chi connectivity index (χ0) is 10.1. The van der Waals surface area contributed by atoms with E-state index in [9.17, 15) is 0 Å². The van der Waals surface area contributed by atoms with Gasteiger partial charge in [0, 0.05) is 25.6 Å². The molecule has 2 heterocycles. The number of hydrogen-bond donors (Lipinski definition) is 1. The second-order valence-corrected chi connectivity index (χ2v) is 4.95. The van der Waals surface area contributed by atoms with Gasteiger partial charge in [-0.25, -0.2) is 0 Å². The largest absolute Gasteiger partial charge is 0.393 e. The quantitative estimate of drug-likeness (QED) is 0.704. The maximum Gasteiger partial charge on any atom is 0.0768 e. The molecule has 2 aliphatic heterocycles. The Labute approximate surface area is 90.6 Å². The van der Waals surface area contributed by atoms with E-state index < -0.39 is 0 Å². The Kier molecular flexibility index (Phi) is 3.04. The normalized spacial score (nSPS) is 34.4. The smallest absolute Gasteiger partial charge is 0.0768 e. The first kappa shape index (κ1) is 10.3. The number of likely N-dealkylation sites (tertiary alicyclic amines) is 1. The number of morpholine rings is 1. The molecule has 14 heavy (non-hydrogen) atoms. The Morgan fingerprint density at radius 2 is 2.07 bits per heavy atom. The molecule has 0 aromatic rings. The maximum absolute atomic E-state index is 5.76. The summed E-state index contributed by atoms with van der Waals surface area (Å²) in [6, 6.07) is 0. The van der Waals surface area contributed by atoms with E-state index in [-0.39, 0.29) is 0 Å². The molecule has 2 bridgehead atoms. The van der Waals surface area contributed by atoms with Gasteiger partial charge in [-0.2, -0.15) is 0 Å². The fraction of sp³-hybridized carbons (Fsp3) is 0.900. The third-order valence-corrected chi connectivity index (χ3v) is 3.54. The van der Waals surface area contributed by atoms with Gasteiger partial charge in [-0.3, -0.25) is 4.90 Å². The van der Waals surface area contributed by atoms with Crippen molar-refractivity contribution in [3.8, 4) is 0 Å². The highest BCUT2D eigenvalue weighted by Gasteiger charge is 2.33. The molecule has 2 fully saturated rings. The van der Waals surface area contributed by atoms with Crippen LogP contribution in [0.3, 0.4) is 0 Å². The summed E-state index contributed by atoms with van der Waals surface area (Å²) in [6.45, 7) is 5.21. The summed E-state index contributed by atoms with van der Waals surface area (Å²) in [5.41, 5.74) is 5.61. The Bertz CT molecular complexity index is 222. The van der Waals surface area contributed by atoms with Crippen molar-refractivity contribution in [3.63, 3.8) is 0 Å².